The van der Waals surface area contributed by atoms with Gasteiger partial charge in [0.15, 0.2) is 5.78 Å². The number of hydrogen-bond donors (Lipinski definition) is 0. The maximum absolute atomic E-state index is 13.1. The first-order valence-electron chi connectivity index (χ1n) is 13.2. The van der Waals surface area contributed by atoms with Crippen LogP contribution in [0.5, 0.6) is 0 Å². The van der Waals surface area contributed by atoms with Gasteiger partial charge in [-0.3, -0.25) is 29.9 Å². The number of hydrogen-bond acceptors (Lipinski definition) is 13. The molecule has 1 fully saturated rings. The number of carbonyl (C=O) groups excluding carboxylic acids is 4. The van der Waals surface area contributed by atoms with E-state index in [1.54, 1.807) is 20.8 Å². The van der Waals surface area contributed by atoms with Crippen LogP contribution in [0.25, 0.3) is 0 Å². The number of Topliss-reactive ketones (excluding diaryl/α,β-unsaturated/α-hetero) is 1. The number of ketones is 1. The molecular weight excluding hydrogens is 584 g/mol. The van der Waals surface area contributed by atoms with Crippen LogP contribution < -0.4 is 0 Å². The maximum Gasteiger partial charge on any atom is 0.410 e. The SMILES string of the molecule is CC(=O)/C(=N/O[C@H]1C[C@@H](C(=O)OCc2ccc([N+](=O)[O-])cc2)N(C(=O)OCc2ccc([N+](=O)[O-])cc2)C1)C(=O)OC(C)(C)C. The molecule has 0 N–H and O–H groups in total. The van der Waals surface area contributed by atoms with E-state index in [0.29, 0.717) is 11.1 Å². The lowest BCUT2D eigenvalue weighted by atomic mass is 10.2. The Bertz CT molecular complexity index is 1370. The number of non-ortho nitro benzene ring substituents is 2. The zero-order chi connectivity index (χ0) is 32.6. The third-order valence-corrected chi connectivity index (χ3v) is 6.03. The summed E-state index contributed by atoms with van der Waals surface area (Å²) in [6.07, 6.45) is -2.04. The Hall–Kier alpha value is -5.41. The highest BCUT2D eigenvalue weighted by atomic mass is 16.6. The molecule has 3 rings (SSSR count). The van der Waals surface area contributed by atoms with Crippen molar-refractivity contribution in [2.24, 2.45) is 5.16 Å². The van der Waals surface area contributed by atoms with Crippen molar-refractivity contribution in [1.29, 1.82) is 0 Å². The minimum atomic E-state index is -1.22. The van der Waals surface area contributed by atoms with Crippen LogP contribution >= 0.6 is 0 Å². The van der Waals surface area contributed by atoms with Crippen molar-refractivity contribution < 1.29 is 48.1 Å². The molecule has 0 bridgehead atoms. The van der Waals surface area contributed by atoms with Gasteiger partial charge in [0.25, 0.3) is 11.4 Å². The summed E-state index contributed by atoms with van der Waals surface area (Å²) in [4.78, 5) is 77.6. The van der Waals surface area contributed by atoms with Crippen molar-refractivity contribution in [2.45, 2.75) is 65.1 Å². The number of amides is 1. The van der Waals surface area contributed by atoms with Crippen molar-refractivity contribution >= 4 is 40.9 Å². The van der Waals surface area contributed by atoms with Gasteiger partial charge in [0, 0.05) is 37.6 Å². The maximum atomic E-state index is 13.1. The van der Waals surface area contributed by atoms with E-state index < -0.39 is 57.1 Å². The molecule has 0 aliphatic carbocycles. The number of ether oxygens (including phenoxy) is 3. The van der Waals surface area contributed by atoms with Crippen LogP contribution in [-0.2, 0) is 46.6 Å². The molecule has 16 heteroatoms. The van der Waals surface area contributed by atoms with E-state index in [4.69, 9.17) is 19.0 Å². The molecule has 2 aromatic carbocycles. The second-order valence-corrected chi connectivity index (χ2v) is 10.6. The number of benzene rings is 2. The van der Waals surface area contributed by atoms with E-state index in [-0.39, 0.29) is 37.6 Å². The summed E-state index contributed by atoms with van der Waals surface area (Å²) in [7, 11) is 0. The Kier molecular flexibility index (Phi) is 10.7. The van der Waals surface area contributed by atoms with Crippen LogP contribution in [0.1, 0.15) is 45.2 Å². The topological polar surface area (TPSA) is 207 Å². The summed E-state index contributed by atoms with van der Waals surface area (Å²) in [5.41, 5.74) is -0.918. The van der Waals surface area contributed by atoms with E-state index in [1.165, 1.54) is 48.5 Å². The van der Waals surface area contributed by atoms with Crippen molar-refractivity contribution in [1.82, 2.24) is 4.90 Å². The molecule has 0 saturated carbocycles. The third kappa shape index (κ3) is 9.30. The molecule has 1 heterocycles. The molecule has 0 radical (unpaired) electrons. The smallest absolute Gasteiger partial charge is 0.410 e. The molecule has 2 aromatic rings. The minimum absolute atomic E-state index is 0.144. The molecule has 1 saturated heterocycles. The van der Waals surface area contributed by atoms with E-state index in [0.717, 1.165) is 11.8 Å². The van der Waals surface area contributed by atoms with Gasteiger partial charge >= 0.3 is 18.0 Å². The highest BCUT2D eigenvalue weighted by Gasteiger charge is 2.43. The molecule has 16 nitrogen and oxygen atoms in total. The van der Waals surface area contributed by atoms with Gasteiger partial charge in [-0.25, -0.2) is 14.4 Å². The Morgan fingerprint density at radius 2 is 1.39 bits per heavy atom. The van der Waals surface area contributed by atoms with Gasteiger partial charge in [-0.05, 0) is 56.2 Å². The van der Waals surface area contributed by atoms with Crippen LogP contribution in [0.4, 0.5) is 16.2 Å². The number of likely N-dealkylation sites (tertiary alicyclic amines) is 1. The van der Waals surface area contributed by atoms with Gasteiger partial charge in [0.05, 0.1) is 16.4 Å². The van der Waals surface area contributed by atoms with E-state index in [9.17, 15) is 39.4 Å². The highest BCUT2D eigenvalue weighted by Crippen LogP contribution is 2.25. The fourth-order valence-electron chi connectivity index (χ4n) is 3.90. The van der Waals surface area contributed by atoms with Gasteiger partial charge in [-0.1, -0.05) is 5.16 Å². The van der Waals surface area contributed by atoms with E-state index in [1.807, 2.05) is 0 Å². The second-order valence-electron chi connectivity index (χ2n) is 10.6. The van der Waals surface area contributed by atoms with E-state index in [2.05, 4.69) is 5.16 Å². The summed E-state index contributed by atoms with van der Waals surface area (Å²) >= 11 is 0. The molecule has 1 amide bonds. The fraction of sp³-hybridized carbons (Fsp3) is 0.393. The molecule has 1 aliphatic rings. The predicted octanol–water partition coefficient (Wildman–Crippen LogP) is 3.63. The molecule has 0 unspecified atom stereocenters. The molecule has 234 valence electrons. The summed E-state index contributed by atoms with van der Waals surface area (Å²) in [5.74, 6) is -2.58. The Morgan fingerprint density at radius 1 is 0.886 bits per heavy atom. The van der Waals surface area contributed by atoms with Gasteiger partial charge in [-0.2, -0.15) is 0 Å². The van der Waals surface area contributed by atoms with Crippen molar-refractivity contribution in [3.63, 3.8) is 0 Å². The lowest BCUT2D eigenvalue weighted by Gasteiger charge is -2.22. The summed E-state index contributed by atoms with van der Waals surface area (Å²) < 4.78 is 15.9. The monoisotopic (exact) mass is 614 g/mol. The van der Waals surface area contributed by atoms with Crippen molar-refractivity contribution in [3.05, 3.63) is 79.9 Å². The summed E-state index contributed by atoms with van der Waals surface area (Å²) in [6.45, 7) is 5.15. The molecule has 44 heavy (non-hydrogen) atoms. The molecule has 1 aliphatic heterocycles. The van der Waals surface area contributed by atoms with Crippen LogP contribution in [0.3, 0.4) is 0 Å². The quantitative estimate of drug-likeness (QED) is 0.0888. The minimum Gasteiger partial charge on any atom is -0.459 e. The number of nitro benzene ring substituents is 2. The predicted molar refractivity (Wildman–Crippen MR) is 150 cm³/mol. The molecule has 0 spiro atoms. The Morgan fingerprint density at radius 3 is 1.84 bits per heavy atom. The zero-order valence-electron chi connectivity index (χ0n) is 24.3. The number of rotatable bonds is 11. The fourth-order valence-corrected chi connectivity index (χ4v) is 3.90. The lowest BCUT2D eigenvalue weighted by molar-refractivity contribution is -0.385. The highest BCUT2D eigenvalue weighted by molar-refractivity contribution is 6.63. The zero-order valence-corrected chi connectivity index (χ0v) is 24.3. The van der Waals surface area contributed by atoms with Crippen LogP contribution in [-0.4, -0.2) is 68.6 Å². The first-order chi connectivity index (χ1) is 20.6. The standard InChI is InChI=1S/C28H30N4O12/c1-17(33)24(26(35)43-28(2,3)4)29-44-22-13-23(25(34)41-15-18-5-9-20(10-6-18)31(37)38)30(14-22)27(36)42-16-19-7-11-21(12-8-19)32(39)40/h5-12,22-23H,13-16H2,1-4H3/b29-24-/t22-,23-/m0/s1. The van der Waals surface area contributed by atoms with Crippen LogP contribution in [0, 0.1) is 20.2 Å². The number of nitro groups is 2. The third-order valence-electron chi connectivity index (χ3n) is 6.03. The Balaban J connectivity index is 1.74. The number of nitrogens with zero attached hydrogens (tertiary/aromatic N) is 4. The number of carbonyl (C=O) groups is 4. The number of oxime groups is 1. The first-order valence-corrected chi connectivity index (χ1v) is 13.2. The van der Waals surface area contributed by atoms with Gasteiger partial charge < -0.3 is 19.0 Å². The van der Waals surface area contributed by atoms with Gasteiger partial charge in [0.2, 0.25) is 5.71 Å². The second kappa shape index (κ2) is 14.2. The van der Waals surface area contributed by atoms with Gasteiger partial charge in [0.1, 0.15) is 31.0 Å². The normalized spacial score (nSPS) is 16.5. The van der Waals surface area contributed by atoms with Crippen molar-refractivity contribution in [2.75, 3.05) is 6.54 Å². The average molecular weight is 615 g/mol. The Labute approximate surface area is 250 Å². The average Bonchev–Trinajstić information content (AvgIpc) is 3.38. The number of esters is 2. The van der Waals surface area contributed by atoms with Crippen LogP contribution in [0.15, 0.2) is 53.7 Å². The molecular formula is C28H30N4O12. The first kappa shape index (κ1) is 33.1. The van der Waals surface area contributed by atoms with Gasteiger partial charge in [-0.15, -0.1) is 0 Å². The largest absolute Gasteiger partial charge is 0.459 e. The van der Waals surface area contributed by atoms with Crippen LogP contribution in [0.2, 0.25) is 0 Å². The van der Waals surface area contributed by atoms with Crippen molar-refractivity contribution in [3.8, 4) is 0 Å². The molecule has 0 aromatic heterocycles. The summed E-state index contributed by atoms with van der Waals surface area (Å²) in [5, 5.41) is 25.4. The summed E-state index contributed by atoms with van der Waals surface area (Å²) in [6, 6.07) is 9.41. The lowest BCUT2D eigenvalue weighted by Crippen LogP contribution is -2.41. The van der Waals surface area contributed by atoms with E-state index >= 15 is 0 Å². The molecule has 2 atom stereocenters.